The van der Waals surface area contributed by atoms with Gasteiger partial charge < -0.3 is 20.3 Å². The van der Waals surface area contributed by atoms with Gasteiger partial charge in [-0.3, -0.25) is 19.3 Å². The highest BCUT2D eigenvalue weighted by Gasteiger charge is 2.54. The molecule has 2 amide bonds. The number of fused-ring (bicyclic) bond motifs is 1. The van der Waals surface area contributed by atoms with Crippen molar-refractivity contribution in [1.29, 1.82) is 0 Å². The van der Waals surface area contributed by atoms with E-state index in [0.717, 1.165) is 11.1 Å². The zero-order valence-corrected chi connectivity index (χ0v) is 23.8. The van der Waals surface area contributed by atoms with Crippen molar-refractivity contribution in [2.24, 2.45) is 0 Å². The van der Waals surface area contributed by atoms with Gasteiger partial charge in [-0.05, 0) is 47.7 Å². The SMILES string of the molecule is Cc1cc([C@H](C)C(=O)O)ccc1C(=O)NC1C(=O)N2C(C(=O)OC(c3ccccc3)c3ccccc3)=C(CO)CS[C@H]12. The van der Waals surface area contributed by atoms with Gasteiger partial charge in [-0.1, -0.05) is 72.8 Å². The van der Waals surface area contributed by atoms with Gasteiger partial charge in [-0.25, -0.2) is 4.79 Å². The molecule has 9 nitrogen and oxygen atoms in total. The maximum absolute atomic E-state index is 13.7. The third kappa shape index (κ3) is 5.55. The fraction of sp³-hybridized carbons (Fsp3) is 0.250. The Balaban J connectivity index is 1.35. The lowest BCUT2D eigenvalue weighted by Gasteiger charge is -2.49. The first kappa shape index (κ1) is 29.1. The number of nitrogens with one attached hydrogen (secondary N) is 1. The Bertz CT molecular complexity index is 1520. The topological polar surface area (TPSA) is 133 Å². The average molecular weight is 587 g/mol. The van der Waals surface area contributed by atoms with Gasteiger partial charge in [-0.2, -0.15) is 0 Å². The average Bonchev–Trinajstić information content (AvgIpc) is 3.01. The number of hydrogen-bond donors (Lipinski definition) is 3. The minimum absolute atomic E-state index is 0.00296. The molecule has 1 fully saturated rings. The van der Waals surface area contributed by atoms with Crippen LogP contribution in [-0.4, -0.2) is 62.6 Å². The summed E-state index contributed by atoms with van der Waals surface area (Å²) in [5, 5.41) is 21.6. The van der Waals surface area contributed by atoms with Crippen molar-refractivity contribution in [2.75, 3.05) is 12.4 Å². The summed E-state index contributed by atoms with van der Waals surface area (Å²) in [4.78, 5) is 52.8. The lowest BCUT2D eigenvalue weighted by atomic mass is 9.96. The van der Waals surface area contributed by atoms with Crippen LogP contribution in [0.1, 0.15) is 51.6 Å². The standard InChI is InChI=1S/C32H30N2O7S/c1-18-15-22(19(2)31(38)39)13-14-24(18)28(36)33-25-29(37)34-26(23(16-35)17-42-30(25)34)32(40)41-27(20-9-5-3-6-10-20)21-11-7-4-8-12-21/h3-15,19,25,27,30,35H,16-17H2,1-2H3,(H,33,36)(H,38,39)/t19-,25?,30+/m0/s1. The number of rotatable bonds is 9. The number of carboxylic acid groups (broad SMARTS) is 1. The zero-order valence-electron chi connectivity index (χ0n) is 23.0. The molecule has 42 heavy (non-hydrogen) atoms. The molecular formula is C32H30N2O7S. The van der Waals surface area contributed by atoms with Crippen molar-refractivity contribution in [3.63, 3.8) is 0 Å². The summed E-state index contributed by atoms with van der Waals surface area (Å²) in [6.45, 7) is 2.85. The number of esters is 1. The lowest BCUT2D eigenvalue weighted by molar-refractivity contribution is -0.153. The summed E-state index contributed by atoms with van der Waals surface area (Å²) in [7, 11) is 0. The second-order valence-electron chi connectivity index (χ2n) is 10.2. The van der Waals surface area contributed by atoms with E-state index in [4.69, 9.17) is 4.74 Å². The van der Waals surface area contributed by atoms with Crippen molar-refractivity contribution in [3.05, 3.63) is 118 Å². The Morgan fingerprint density at radius 3 is 2.17 bits per heavy atom. The molecule has 5 rings (SSSR count). The smallest absolute Gasteiger partial charge is 0.356 e. The molecule has 0 saturated carbocycles. The molecule has 1 saturated heterocycles. The summed E-state index contributed by atoms with van der Waals surface area (Å²) in [6, 6.07) is 22.4. The molecule has 0 bridgehead atoms. The van der Waals surface area contributed by atoms with Crippen LogP contribution in [0.3, 0.4) is 0 Å². The number of aliphatic carboxylic acids is 1. The Kier molecular flexibility index (Phi) is 8.46. The normalized spacial score (nSPS) is 18.7. The van der Waals surface area contributed by atoms with Crippen LogP contribution in [0.15, 0.2) is 90.1 Å². The monoisotopic (exact) mass is 586 g/mol. The number of carbonyl (C=O) groups excluding carboxylic acids is 3. The minimum Gasteiger partial charge on any atom is -0.481 e. The largest absolute Gasteiger partial charge is 0.481 e. The Morgan fingerprint density at radius 2 is 1.62 bits per heavy atom. The molecule has 3 aromatic rings. The molecule has 1 unspecified atom stereocenters. The molecule has 10 heteroatoms. The molecule has 2 aliphatic heterocycles. The maximum atomic E-state index is 13.7. The van der Waals surface area contributed by atoms with Gasteiger partial charge in [0.2, 0.25) is 0 Å². The van der Waals surface area contributed by atoms with Crippen LogP contribution < -0.4 is 5.32 Å². The van der Waals surface area contributed by atoms with Gasteiger partial charge in [0.15, 0.2) is 6.10 Å². The fourth-order valence-corrected chi connectivity index (χ4v) is 6.45. The highest BCUT2D eigenvalue weighted by molar-refractivity contribution is 8.00. The van der Waals surface area contributed by atoms with Gasteiger partial charge in [0.25, 0.3) is 11.8 Å². The number of carbonyl (C=O) groups is 4. The molecule has 2 heterocycles. The van der Waals surface area contributed by atoms with Gasteiger partial charge in [0, 0.05) is 11.3 Å². The zero-order chi connectivity index (χ0) is 30.0. The first-order valence-corrected chi connectivity index (χ1v) is 14.5. The van der Waals surface area contributed by atoms with Gasteiger partial charge in [-0.15, -0.1) is 11.8 Å². The van der Waals surface area contributed by atoms with Crippen LogP contribution in [0.25, 0.3) is 0 Å². The van der Waals surface area contributed by atoms with E-state index in [1.165, 1.54) is 16.7 Å². The van der Waals surface area contributed by atoms with Crippen molar-refractivity contribution in [2.45, 2.75) is 37.3 Å². The Hall–Kier alpha value is -4.41. The van der Waals surface area contributed by atoms with E-state index >= 15 is 0 Å². The van der Waals surface area contributed by atoms with Crippen LogP contribution >= 0.6 is 11.8 Å². The van der Waals surface area contributed by atoms with Crippen LogP contribution in [0.5, 0.6) is 0 Å². The molecule has 3 aromatic carbocycles. The predicted octanol–water partition coefficient (Wildman–Crippen LogP) is 3.78. The van der Waals surface area contributed by atoms with E-state index in [9.17, 15) is 29.4 Å². The molecule has 0 aliphatic carbocycles. The molecular weight excluding hydrogens is 556 g/mol. The number of aryl methyl sites for hydroxylation is 1. The van der Waals surface area contributed by atoms with E-state index in [1.54, 1.807) is 32.0 Å². The fourth-order valence-electron chi connectivity index (χ4n) is 5.11. The number of benzene rings is 3. The quantitative estimate of drug-likeness (QED) is 0.255. The number of aliphatic hydroxyl groups excluding tert-OH is 1. The molecule has 0 spiro atoms. The predicted molar refractivity (Wildman–Crippen MR) is 157 cm³/mol. The van der Waals surface area contributed by atoms with Crippen molar-refractivity contribution in [3.8, 4) is 0 Å². The number of ether oxygens (including phenoxy) is 1. The Morgan fingerprint density at radius 1 is 1.00 bits per heavy atom. The molecule has 0 radical (unpaired) electrons. The number of amides is 2. The number of nitrogens with zero attached hydrogens (tertiary/aromatic N) is 1. The van der Waals surface area contributed by atoms with E-state index in [-0.39, 0.29) is 11.4 Å². The van der Waals surface area contributed by atoms with Crippen LogP contribution in [-0.2, 0) is 19.1 Å². The molecule has 0 aromatic heterocycles. The number of β-lactam (4-membered cyclic amide) rings is 1. The first-order valence-electron chi connectivity index (χ1n) is 13.4. The Labute approximate surface area is 247 Å². The van der Waals surface area contributed by atoms with Gasteiger partial charge in [0.05, 0.1) is 12.5 Å². The minimum atomic E-state index is -0.968. The highest BCUT2D eigenvalue weighted by Crippen LogP contribution is 2.41. The summed E-state index contributed by atoms with van der Waals surface area (Å²) in [6.07, 6.45) is -0.734. The summed E-state index contributed by atoms with van der Waals surface area (Å²) >= 11 is 1.34. The maximum Gasteiger partial charge on any atom is 0.356 e. The van der Waals surface area contributed by atoms with Crippen molar-refractivity contribution in [1.82, 2.24) is 10.2 Å². The van der Waals surface area contributed by atoms with E-state index in [0.29, 0.717) is 22.3 Å². The van der Waals surface area contributed by atoms with E-state index < -0.39 is 53.8 Å². The first-order chi connectivity index (χ1) is 20.2. The molecule has 3 N–H and O–H groups in total. The van der Waals surface area contributed by atoms with Gasteiger partial charge in [0.1, 0.15) is 17.1 Å². The summed E-state index contributed by atoms with van der Waals surface area (Å²) in [5.74, 6) is -3.11. The van der Waals surface area contributed by atoms with E-state index in [1.807, 2.05) is 60.7 Å². The summed E-state index contributed by atoms with van der Waals surface area (Å²) < 4.78 is 6.00. The van der Waals surface area contributed by atoms with Gasteiger partial charge >= 0.3 is 11.9 Å². The van der Waals surface area contributed by atoms with Crippen LogP contribution in [0, 0.1) is 6.92 Å². The number of aliphatic hydroxyl groups is 1. The second-order valence-corrected chi connectivity index (χ2v) is 11.3. The highest BCUT2D eigenvalue weighted by atomic mass is 32.2. The lowest BCUT2D eigenvalue weighted by Crippen LogP contribution is -2.70. The van der Waals surface area contributed by atoms with Crippen molar-refractivity contribution >= 4 is 35.5 Å². The number of carboxylic acids is 1. The third-order valence-electron chi connectivity index (χ3n) is 7.51. The third-order valence-corrected chi connectivity index (χ3v) is 8.85. The number of thioether (sulfide) groups is 1. The molecule has 2 aliphatic rings. The second kappa shape index (κ2) is 12.2. The van der Waals surface area contributed by atoms with Crippen LogP contribution in [0.2, 0.25) is 0 Å². The van der Waals surface area contributed by atoms with E-state index in [2.05, 4.69) is 5.32 Å². The summed E-state index contributed by atoms with van der Waals surface area (Å²) in [5.41, 5.74) is 3.35. The molecule has 216 valence electrons. The van der Waals surface area contributed by atoms with Crippen LogP contribution in [0.4, 0.5) is 0 Å². The van der Waals surface area contributed by atoms with Crippen molar-refractivity contribution < 1.29 is 34.1 Å². The number of hydrogen-bond acceptors (Lipinski definition) is 7. The molecule has 3 atom stereocenters.